The van der Waals surface area contributed by atoms with Crippen LogP contribution in [0.1, 0.15) is 73.9 Å². The second kappa shape index (κ2) is 10.2. The highest BCUT2D eigenvalue weighted by Crippen LogP contribution is 2.37. The second-order valence-electron chi connectivity index (χ2n) is 10.5. The van der Waals surface area contributed by atoms with Crippen molar-refractivity contribution in [2.45, 2.75) is 70.9 Å². The van der Waals surface area contributed by atoms with Crippen LogP contribution in [0.4, 0.5) is 8.78 Å². The van der Waals surface area contributed by atoms with Crippen molar-refractivity contribution in [3.63, 3.8) is 0 Å². The molecule has 2 atom stereocenters. The summed E-state index contributed by atoms with van der Waals surface area (Å²) in [5.74, 6) is -3.44. The number of aryl methyl sites for hydroxylation is 1. The first-order valence-electron chi connectivity index (χ1n) is 13.1. The Bertz CT molecular complexity index is 1280. The number of nitrogens with one attached hydrogen (secondary N) is 2. The Morgan fingerprint density at radius 3 is 2.78 bits per heavy atom. The zero-order chi connectivity index (χ0) is 26.2. The number of aromatic nitrogens is 5. The van der Waals surface area contributed by atoms with E-state index in [4.69, 9.17) is 4.98 Å². The van der Waals surface area contributed by atoms with E-state index in [1.165, 1.54) is 0 Å². The predicted molar refractivity (Wildman–Crippen MR) is 132 cm³/mol. The number of carbonyl (C=O) groups excluding carboxylic acids is 2. The van der Waals surface area contributed by atoms with E-state index in [-0.39, 0.29) is 30.2 Å². The number of carbonyl (C=O) groups is 2. The van der Waals surface area contributed by atoms with E-state index >= 15 is 0 Å². The third-order valence-corrected chi connectivity index (χ3v) is 7.67. The van der Waals surface area contributed by atoms with Gasteiger partial charge in [-0.1, -0.05) is 19.8 Å². The summed E-state index contributed by atoms with van der Waals surface area (Å²) in [6.07, 6.45) is 7.20. The molecule has 1 unspecified atom stereocenters. The van der Waals surface area contributed by atoms with Crippen LogP contribution >= 0.6 is 0 Å². The first kappa shape index (κ1) is 25.3. The Morgan fingerprint density at radius 2 is 2.03 bits per heavy atom. The molecule has 0 radical (unpaired) electrons. The third kappa shape index (κ3) is 5.50. The van der Waals surface area contributed by atoms with Crippen molar-refractivity contribution in [3.05, 3.63) is 47.7 Å². The van der Waals surface area contributed by atoms with E-state index in [2.05, 4.69) is 27.8 Å². The molecule has 1 aliphatic carbocycles. The lowest BCUT2D eigenvalue weighted by Crippen LogP contribution is -2.48. The number of hydrogen-bond acceptors (Lipinski definition) is 5. The molecule has 37 heavy (non-hydrogen) atoms. The number of fused-ring (bicyclic) bond motifs is 1. The molecule has 0 spiro atoms. The first-order chi connectivity index (χ1) is 17.7. The fourth-order valence-electron chi connectivity index (χ4n) is 5.55. The van der Waals surface area contributed by atoms with Crippen LogP contribution in [0.15, 0.2) is 30.6 Å². The standard InChI is InChI=1S/C26H33F2N7O2/c1-3-34-21(10-11-30-34)25(37)32-23(17-6-4-16(2)5-7-17)20-14-35-22(31-20)9-8-19(33-35)12-18-13-26(27,28)15-29-24(18)36/h8-11,14,16-18,23H,3-7,12-13,15H2,1-2H3,(H,29,36)(H,32,37)/t16?,17?,18?,23-/m0/s1. The van der Waals surface area contributed by atoms with Crippen LogP contribution < -0.4 is 10.6 Å². The van der Waals surface area contributed by atoms with Crippen molar-refractivity contribution in [2.24, 2.45) is 17.8 Å². The Morgan fingerprint density at radius 1 is 1.24 bits per heavy atom. The van der Waals surface area contributed by atoms with Gasteiger partial charge >= 0.3 is 0 Å². The zero-order valence-corrected chi connectivity index (χ0v) is 21.2. The van der Waals surface area contributed by atoms with Crippen LogP contribution in [0.3, 0.4) is 0 Å². The van der Waals surface area contributed by atoms with Gasteiger partial charge in [0.2, 0.25) is 5.91 Å². The van der Waals surface area contributed by atoms with Crippen molar-refractivity contribution >= 4 is 17.5 Å². The summed E-state index contributed by atoms with van der Waals surface area (Å²) >= 11 is 0. The highest BCUT2D eigenvalue weighted by molar-refractivity contribution is 5.92. The molecule has 1 saturated heterocycles. The van der Waals surface area contributed by atoms with Crippen LogP contribution in [-0.2, 0) is 17.8 Å². The topological polar surface area (TPSA) is 106 Å². The minimum absolute atomic E-state index is 0.118. The van der Waals surface area contributed by atoms with Gasteiger partial charge in [0.1, 0.15) is 5.69 Å². The molecule has 9 nitrogen and oxygen atoms in total. The molecule has 5 rings (SSSR count). The van der Waals surface area contributed by atoms with Crippen molar-refractivity contribution in [3.8, 4) is 0 Å². The van der Waals surface area contributed by atoms with Crippen LogP contribution in [0.2, 0.25) is 0 Å². The maximum atomic E-state index is 13.8. The van der Waals surface area contributed by atoms with Crippen LogP contribution in [-0.4, -0.2) is 48.7 Å². The average Bonchev–Trinajstić information content (AvgIpc) is 3.52. The van der Waals surface area contributed by atoms with Crippen LogP contribution in [0.25, 0.3) is 5.65 Å². The molecular weight excluding hydrogens is 480 g/mol. The quantitative estimate of drug-likeness (QED) is 0.503. The molecule has 0 aromatic carbocycles. The van der Waals surface area contributed by atoms with Crippen molar-refractivity contribution in [2.75, 3.05) is 6.54 Å². The van der Waals surface area contributed by atoms with Gasteiger partial charge in [-0.25, -0.2) is 18.3 Å². The number of hydrogen-bond donors (Lipinski definition) is 2. The van der Waals surface area contributed by atoms with E-state index in [0.717, 1.165) is 25.7 Å². The molecule has 11 heteroatoms. The number of nitrogens with zero attached hydrogens (tertiary/aromatic N) is 5. The maximum Gasteiger partial charge on any atom is 0.270 e. The molecular formula is C26H33F2N7O2. The van der Waals surface area contributed by atoms with Gasteiger partial charge in [0.05, 0.1) is 30.2 Å². The van der Waals surface area contributed by atoms with Crippen molar-refractivity contribution < 1.29 is 18.4 Å². The molecule has 2 N–H and O–H groups in total. The predicted octanol–water partition coefficient (Wildman–Crippen LogP) is 3.56. The summed E-state index contributed by atoms with van der Waals surface area (Å²) in [6.45, 7) is 4.16. The van der Waals surface area contributed by atoms with Gasteiger partial charge < -0.3 is 10.6 Å². The van der Waals surface area contributed by atoms with E-state index in [0.29, 0.717) is 35.2 Å². The molecule has 1 aliphatic heterocycles. The molecule has 2 fully saturated rings. The minimum Gasteiger partial charge on any atom is -0.350 e. The fraction of sp³-hybridized carbons (Fsp3) is 0.577. The average molecular weight is 514 g/mol. The molecule has 1 saturated carbocycles. The van der Waals surface area contributed by atoms with Gasteiger partial charge in [-0.05, 0) is 49.8 Å². The molecule has 3 aromatic heterocycles. The smallest absolute Gasteiger partial charge is 0.270 e. The number of alkyl halides is 2. The summed E-state index contributed by atoms with van der Waals surface area (Å²) < 4.78 is 31.0. The van der Waals surface area contributed by atoms with E-state index in [1.807, 2.05) is 6.92 Å². The van der Waals surface area contributed by atoms with Gasteiger partial charge in [-0.2, -0.15) is 10.2 Å². The largest absolute Gasteiger partial charge is 0.350 e. The van der Waals surface area contributed by atoms with E-state index in [9.17, 15) is 18.4 Å². The Hall–Kier alpha value is -3.37. The number of halogens is 2. The fourth-order valence-corrected chi connectivity index (χ4v) is 5.55. The molecule has 2 amide bonds. The summed E-state index contributed by atoms with van der Waals surface area (Å²) in [6, 6.07) is 4.91. The normalized spacial score (nSPS) is 24.5. The molecule has 4 heterocycles. The van der Waals surface area contributed by atoms with Gasteiger partial charge in [0.15, 0.2) is 5.65 Å². The first-order valence-corrected chi connectivity index (χ1v) is 13.1. The third-order valence-electron chi connectivity index (χ3n) is 7.67. The van der Waals surface area contributed by atoms with Gasteiger partial charge in [-0.3, -0.25) is 14.3 Å². The second-order valence-corrected chi connectivity index (χ2v) is 10.5. The Kier molecular flexibility index (Phi) is 6.96. The number of imidazole rings is 1. The highest BCUT2D eigenvalue weighted by Gasteiger charge is 2.41. The van der Waals surface area contributed by atoms with Gasteiger partial charge in [0, 0.05) is 31.5 Å². The number of rotatable bonds is 7. The lowest BCUT2D eigenvalue weighted by atomic mass is 9.78. The lowest BCUT2D eigenvalue weighted by Gasteiger charge is -2.32. The highest BCUT2D eigenvalue weighted by atomic mass is 19.3. The van der Waals surface area contributed by atoms with E-state index in [1.54, 1.807) is 39.8 Å². The zero-order valence-electron chi connectivity index (χ0n) is 21.2. The number of piperidine rings is 1. The minimum atomic E-state index is -2.92. The maximum absolute atomic E-state index is 13.8. The molecule has 198 valence electrons. The monoisotopic (exact) mass is 513 g/mol. The number of amides is 2. The van der Waals surface area contributed by atoms with Crippen molar-refractivity contribution in [1.82, 2.24) is 35.0 Å². The summed E-state index contributed by atoms with van der Waals surface area (Å²) in [5.41, 5.74) is 2.35. The summed E-state index contributed by atoms with van der Waals surface area (Å²) in [4.78, 5) is 30.2. The lowest BCUT2D eigenvalue weighted by molar-refractivity contribution is -0.136. The summed E-state index contributed by atoms with van der Waals surface area (Å²) in [7, 11) is 0. The summed E-state index contributed by atoms with van der Waals surface area (Å²) in [5, 5.41) is 14.3. The Balaban J connectivity index is 1.40. The molecule has 3 aromatic rings. The molecule has 2 aliphatic rings. The van der Waals surface area contributed by atoms with Gasteiger partial charge in [-0.15, -0.1) is 0 Å². The van der Waals surface area contributed by atoms with Crippen molar-refractivity contribution in [1.29, 1.82) is 0 Å². The van der Waals surface area contributed by atoms with E-state index < -0.39 is 24.8 Å². The van der Waals surface area contributed by atoms with Gasteiger partial charge in [0.25, 0.3) is 11.8 Å². The Labute approximate surface area is 214 Å². The SMILES string of the molecule is CCn1nccc1C(=O)N[C@H](c1cn2nc(CC3CC(F)(F)CNC3=O)ccc2n1)C1CCC(C)CC1. The van der Waals surface area contributed by atoms with Crippen LogP contribution in [0.5, 0.6) is 0 Å². The molecule has 0 bridgehead atoms. The van der Waals surface area contributed by atoms with Crippen LogP contribution in [0, 0.1) is 17.8 Å².